The van der Waals surface area contributed by atoms with E-state index >= 15 is 0 Å². The number of hydrogen-bond acceptors (Lipinski definition) is 7. The number of anilines is 4. The Morgan fingerprint density at radius 3 is 2.56 bits per heavy atom. The van der Waals surface area contributed by atoms with E-state index in [1.807, 2.05) is 52.9 Å². The molecule has 0 saturated carbocycles. The van der Waals surface area contributed by atoms with Crippen molar-refractivity contribution in [2.45, 2.75) is 19.3 Å². The van der Waals surface area contributed by atoms with Gasteiger partial charge in [-0.3, -0.25) is 4.79 Å². The van der Waals surface area contributed by atoms with Crippen LogP contribution in [0.25, 0.3) is 10.2 Å². The van der Waals surface area contributed by atoms with Crippen molar-refractivity contribution in [2.24, 2.45) is 0 Å². The molecule has 7 nitrogen and oxygen atoms in total. The standard InChI is InChI=1S/C23H21ClN6OS/c24-18-13-25-23(29-21(18)27-17-8-9-19-20(12-17)32-14-26-19)28-16-6-4-15(5-7-16)22(31)30-10-2-1-3-11-30/h4-9,12-14H,1-3,10-11H2,(H2,25,27,28,29). The molecule has 2 N–H and O–H groups in total. The molecule has 2 aromatic heterocycles. The number of aromatic nitrogens is 3. The molecule has 0 aliphatic carbocycles. The Hall–Kier alpha value is -3.23. The second-order valence-corrected chi connectivity index (χ2v) is 8.90. The van der Waals surface area contributed by atoms with E-state index in [0.717, 1.165) is 47.5 Å². The maximum absolute atomic E-state index is 12.6. The van der Waals surface area contributed by atoms with Gasteiger partial charge in [0.25, 0.3) is 5.91 Å². The van der Waals surface area contributed by atoms with Gasteiger partial charge in [-0.15, -0.1) is 11.3 Å². The highest BCUT2D eigenvalue weighted by Crippen LogP contribution is 2.28. The monoisotopic (exact) mass is 464 g/mol. The van der Waals surface area contributed by atoms with Crippen LogP contribution in [0.2, 0.25) is 5.02 Å². The number of hydrogen-bond donors (Lipinski definition) is 2. The number of thiazole rings is 1. The van der Waals surface area contributed by atoms with Gasteiger partial charge in [-0.25, -0.2) is 9.97 Å². The Bertz CT molecular complexity index is 1250. The lowest BCUT2D eigenvalue weighted by Crippen LogP contribution is -2.35. The molecule has 5 rings (SSSR count). The lowest BCUT2D eigenvalue weighted by Gasteiger charge is -2.26. The van der Waals surface area contributed by atoms with Crippen molar-refractivity contribution < 1.29 is 4.79 Å². The number of nitrogens with one attached hydrogen (secondary N) is 2. The van der Waals surface area contributed by atoms with Gasteiger partial charge in [0.15, 0.2) is 5.82 Å². The van der Waals surface area contributed by atoms with Crippen LogP contribution in [0.15, 0.2) is 54.2 Å². The third-order valence-corrected chi connectivity index (χ3v) is 6.44. The average Bonchev–Trinajstić information content (AvgIpc) is 3.30. The molecule has 32 heavy (non-hydrogen) atoms. The van der Waals surface area contributed by atoms with E-state index in [-0.39, 0.29) is 5.91 Å². The molecule has 0 radical (unpaired) electrons. The van der Waals surface area contributed by atoms with Crippen LogP contribution in [0.3, 0.4) is 0 Å². The zero-order chi connectivity index (χ0) is 21.9. The minimum absolute atomic E-state index is 0.0865. The molecule has 3 heterocycles. The molecule has 0 bridgehead atoms. The molecular weight excluding hydrogens is 444 g/mol. The van der Waals surface area contributed by atoms with Gasteiger partial charge in [0.2, 0.25) is 5.95 Å². The van der Waals surface area contributed by atoms with E-state index in [1.165, 1.54) is 6.42 Å². The first kappa shape index (κ1) is 20.7. The van der Waals surface area contributed by atoms with Crippen LogP contribution < -0.4 is 10.6 Å². The number of piperidine rings is 1. The normalized spacial score (nSPS) is 13.8. The number of nitrogens with zero attached hydrogens (tertiary/aromatic N) is 4. The molecule has 1 saturated heterocycles. The van der Waals surface area contributed by atoms with E-state index in [2.05, 4.69) is 25.6 Å². The fourth-order valence-corrected chi connectivity index (χ4v) is 4.54. The number of likely N-dealkylation sites (tertiary alicyclic amines) is 1. The van der Waals surface area contributed by atoms with Crippen molar-refractivity contribution in [1.29, 1.82) is 0 Å². The lowest BCUT2D eigenvalue weighted by molar-refractivity contribution is 0.0724. The maximum atomic E-state index is 12.6. The number of rotatable bonds is 5. The van der Waals surface area contributed by atoms with Crippen molar-refractivity contribution in [1.82, 2.24) is 19.9 Å². The summed E-state index contributed by atoms with van der Waals surface area (Å²) in [7, 11) is 0. The van der Waals surface area contributed by atoms with E-state index in [0.29, 0.717) is 22.4 Å². The molecule has 1 aliphatic rings. The second-order valence-electron chi connectivity index (χ2n) is 7.61. The molecule has 1 fully saturated rings. The van der Waals surface area contributed by atoms with Crippen LogP contribution >= 0.6 is 22.9 Å². The van der Waals surface area contributed by atoms with E-state index in [4.69, 9.17) is 11.6 Å². The molecule has 162 valence electrons. The first-order valence-corrected chi connectivity index (χ1v) is 11.7. The highest BCUT2D eigenvalue weighted by atomic mass is 35.5. The molecule has 1 amide bonds. The van der Waals surface area contributed by atoms with Crippen LogP contribution in [-0.2, 0) is 0 Å². The lowest BCUT2D eigenvalue weighted by atomic mass is 10.1. The summed E-state index contributed by atoms with van der Waals surface area (Å²) in [5.74, 6) is 0.999. The van der Waals surface area contributed by atoms with Crippen molar-refractivity contribution in [3.8, 4) is 0 Å². The number of fused-ring (bicyclic) bond motifs is 1. The molecule has 1 aliphatic heterocycles. The summed E-state index contributed by atoms with van der Waals surface area (Å²) in [4.78, 5) is 27.6. The third-order valence-electron chi connectivity index (χ3n) is 5.37. The van der Waals surface area contributed by atoms with E-state index < -0.39 is 0 Å². The smallest absolute Gasteiger partial charge is 0.253 e. The van der Waals surface area contributed by atoms with E-state index in [1.54, 1.807) is 17.5 Å². The van der Waals surface area contributed by atoms with Crippen molar-refractivity contribution in [2.75, 3.05) is 23.7 Å². The van der Waals surface area contributed by atoms with Crippen LogP contribution in [0, 0.1) is 0 Å². The number of halogens is 1. The molecule has 9 heteroatoms. The summed E-state index contributed by atoms with van der Waals surface area (Å²) in [6, 6.07) is 13.3. The van der Waals surface area contributed by atoms with Gasteiger partial charge in [-0.05, 0) is 61.7 Å². The summed E-state index contributed by atoms with van der Waals surface area (Å²) < 4.78 is 1.08. The Balaban J connectivity index is 1.29. The summed E-state index contributed by atoms with van der Waals surface area (Å²) in [6.45, 7) is 1.67. The number of carbonyl (C=O) groups is 1. The van der Waals surface area contributed by atoms with Gasteiger partial charge in [0.1, 0.15) is 5.02 Å². The van der Waals surface area contributed by atoms with Gasteiger partial charge >= 0.3 is 0 Å². The number of amides is 1. The van der Waals surface area contributed by atoms with Crippen molar-refractivity contribution in [3.05, 3.63) is 64.8 Å². The topological polar surface area (TPSA) is 83.0 Å². The van der Waals surface area contributed by atoms with Crippen molar-refractivity contribution >= 4 is 62.2 Å². The fourth-order valence-electron chi connectivity index (χ4n) is 3.69. The quantitative estimate of drug-likeness (QED) is 0.385. The highest BCUT2D eigenvalue weighted by molar-refractivity contribution is 7.16. The Morgan fingerprint density at radius 1 is 0.969 bits per heavy atom. The van der Waals surface area contributed by atoms with Crippen LogP contribution in [0.5, 0.6) is 0 Å². The molecule has 0 atom stereocenters. The summed E-state index contributed by atoms with van der Waals surface area (Å²) >= 11 is 7.89. The largest absolute Gasteiger partial charge is 0.339 e. The molecule has 0 unspecified atom stereocenters. The van der Waals surface area contributed by atoms with E-state index in [9.17, 15) is 4.79 Å². The van der Waals surface area contributed by atoms with Gasteiger partial charge in [-0.2, -0.15) is 4.98 Å². The molecule has 4 aromatic rings. The number of benzene rings is 2. The molecule has 0 spiro atoms. The number of carbonyl (C=O) groups excluding carboxylic acids is 1. The molecular formula is C23H21ClN6OS. The Morgan fingerprint density at radius 2 is 1.75 bits per heavy atom. The first-order chi connectivity index (χ1) is 15.7. The van der Waals surface area contributed by atoms with Crippen LogP contribution in [0.4, 0.5) is 23.1 Å². The van der Waals surface area contributed by atoms with Gasteiger partial charge < -0.3 is 15.5 Å². The van der Waals surface area contributed by atoms with Gasteiger partial charge in [0.05, 0.1) is 21.9 Å². The van der Waals surface area contributed by atoms with Crippen LogP contribution in [-0.4, -0.2) is 38.8 Å². The third kappa shape index (κ3) is 4.51. The predicted molar refractivity (Wildman–Crippen MR) is 129 cm³/mol. The van der Waals surface area contributed by atoms with Gasteiger partial charge in [0, 0.05) is 30.0 Å². The highest BCUT2D eigenvalue weighted by Gasteiger charge is 2.18. The van der Waals surface area contributed by atoms with Crippen LogP contribution in [0.1, 0.15) is 29.6 Å². The zero-order valence-corrected chi connectivity index (χ0v) is 18.8. The maximum Gasteiger partial charge on any atom is 0.253 e. The summed E-state index contributed by atoms with van der Waals surface area (Å²) in [5, 5.41) is 6.84. The second kappa shape index (κ2) is 9.10. The minimum atomic E-state index is 0.0865. The minimum Gasteiger partial charge on any atom is -0.339 e. The van der Waals surface area contributed by atoms with Gasteiger partial charge in [-0.1, -0.05) is 11.6 Å². The summed E-state index contributed by atoms with van der Waals surface area (Å²) in [5.41, 5.74) is 5.13. The van der Waals surface area contributed by atoms with Crippen molar-refractivity contribution in [3.63, 3.8) is 0 Å². The molecule has 2 aromatic carbocycles. The SMILES string of the molecule is O=C(c1ccc(Nc2ncc(Cl)c(Nc3ccc4ncsc4c3)n2)cc1)N1CCCCC1. The summed E-state index contributed by atoms with van der Waals surface area (Å²) in [6.07, 6.45) is 4.91. The fraction of sp³-hybridized carbons (Fsp3) is 0.217. The first-order valence-electron chi connectivity index (χ1n) is 10.4. The average molecular weight is 465 g/mol. The zero-order valence-electron chi connectivity index (χ0n) is 17.2. The Kier molecular flexibility index (Phi) is 5.87. The predicted octanol–water partition coefficient (Wildman–Crippen LogP) is 5.85. The Labute approximate surface area is 194 Å².